The van der Waals surface area contributed by atoms with Crippen LogP contribution in [0.15, 0.2) is 42.6 Å². The lowest BCUT2D eigenvalue weighted by Crippen LogP contribution is -2.00. The van der Waals surface area contributed by atoms with E-state index in [1.54, 1.807) is 18.3 Å². The van der Waals surface area contributed by atoms with E-state index in [0.717, 1.165) is 22.2 Å². The van der Waals surface area contributed by atoms with Crippen LogP contribution in [0, 0.1) is 0 Å². The molecule has 0 unspecified atom stereocenters. The maximum Gasteiger partial charge on any atom is 0.337 e. The Bertz CT molecular complexity index is 552. The number of hydrogen-bond donors (Lipinski definition) is 0. The van der Waals surface area contributed by atoms with Crippen LogP contribution in [0.1, 0.15) is 16.1 Å². The van der Waals surface area contributed by atoms with Gasteiger partial charge >= 0.3 is 5.97 Å². The van der Waals surface area contributed by atoms with Gasteiger partial charge in [-0.1, -0.05) is 28.1 Å². The zero-order valence-corrected chi connectivity index (χ0v) is 11.5. The third-order valence-electron chi connectivity index (χ3n) is 2.59. The molecule has 0 radical (unpaired) electrons. The fourth-order valence-corrected chi connectivity index (χ4v) is 1.95. The van der Waals surface area contributed by atoms with Gasteiger partial charge in [-0.15, -0.1) is 0 Å². The molecular weight excluding hydrogens is 294 g/mol. The van der Waals surface area contributed by atoms with Gasteiger partial charge in [0.25, 0.3) is 0 Å². The molecule has 0 bridgehead atoms. The van der Waals surface area contributed by atoms with Crippen LogP contribution in [-0.4, -0.2) is 18.1 Å². The zero-order chi connectivity index (χ0) is 13.0. The molecule has 0 fully saturated rings. The van der Waals surface area contributed by atoms with Gasteiger partial charge in [0.2, 0.25) is 0 Å². The average molecular weight is 306 g/mol. The second-order valence-corrected chi connectivity index (χ2v) is 4.30. The minimum absolute atomic E-state index is 0.322. The summed E-state index contributed by atoms with van der Waals surface area (Å²) in [6.45, 7) is 0. The normalized spacial score (nSPS) is 10.1. The summed E-state index contributed by atoms with van der Waals surface area (Å²) in [5, 5.41) is 0.723. The van der Waals surface area contributed by atoms with E-state index in [2.05, 4.69) is 25.7 Å². The number of hydrogen-bond acceptors (Lipinski definition) is 3. The number of pyridine rings is 1. The maximum absolute atomic E-state index is 11.3. The SMILES string of the molecule is COC(=O)c1ccc(-c2ccnc(CBr)c2)cc1. The van der Waals surface area contributed by atoms with Crippen molar-refractivity contribution in [3.63, 3.8) is 0 Å². The van der Waals surface area contributed by atoms with Crippen LogP contribution in [0.3, 0.4) is 0 Å². The predicted octanol–water partition coefficient (Wildman–Crippen LogP) is 3.43. The van der Waals surface area contributed by atoms with Crippen LogP contribution in [-0.2, 0) is 10.1 Å². The van der Waals surface area contributed by atoms with E-state index in [4.69, 9.17) is 0 Å². The van der Waals surface area contributed by atoms with Crippen molar-refractivity contribution in [2.75, 3.05) is 7.11 Å². The zero-order valence-electron chi connectivity index (χ0n) is 9.89. The summed E-state index contributed by atoms with van der Waals surface area (Å²) in [4.78, 5) is 15.5. The molecule has 0 N–H and O–H groups in total. The number of halogens is 1. The highest BCUT2D eigenvalue weighted by atomic mass is 79.9. The average Bonchev–Trinajstić information content (AvgIpc) is 2.46. The first-order valence-corrected chi connectivity index (χ1v) is 6.56. The number of esters is 1. The summed E-state index contributed by atoms with van der Waals surface area (Å²) in [5.41, 5.74) is 3.66. The molecule has 1 aromatic carbocycles. The summed E-state index contributed by atoms with van der Waals surface area (Å²) in [7, 11) is 1.38. The first kappa shape index (κ1) is 12.8. The van der Waals surface area contributed by atoms with Gasteiger partial charge in [-0.3, -0.25) is 4.98 Å². The molecule has 1 aromatic heterocycles. The van der Waals surface area contributed by atoms with E-state index in [1.165, 1.54) is 7.11 Å². The van der Waals surface area contributed by atoms with Gasteiger partial charge in [-0.25, -0.2) is 4.79 Å². The molecule has 0 saturated heterocycles. The number of methoxy groups -OCH3 is 1. The minimum atomic E-state index is -0.322. The maximum atomic E-state index is 11.3. The number of carbonyl (C=O) groups is 1. The van der Waals surface area contributed by atoms with Crippen LogP contribution >= 0.6 is 15.9 Å². The van der Waals surface area contributed by atoms with Gasteiger partial charge in [-0.2, -0.15) is 0 Å². The molecule has 0 amide bonds. The largest absolute Gasteiger partial charge is 0.465 e. The fraction of sp³-hybridized carbons (Fsp3) is 0.143. The van der Waals surface area contributed by atoms with Crippen molar-refractivity contribution >= 4 is 21.9 Å². The number of ether oxygens (including phenoxy) is 1. The predicted molar refractivity (Wildman–Crippen MR) is 73.6 cm³/mol. The van der Waals surface area contributed by atoms with Gasteiger partial charge in [0.05, 0.1) is 18.4 Å². The second kappa shape index (κ2) is 5.78. The molecule has 0 atom stereocenters. The van der Waals surface area contributed by atoms with Crippen molar-refractivity contribution in [2.45, 2.75) is 5.33 Å². The van der Waals surface area contributed by atoms with E-state index < -0.39 is 0 Å². The van der Waals surface area contributed by atoms with E-state index in [1.807, 2.05) is 24.3 Å². The summed E-state index contributed by atoms with van der Waals surface area (Å²) in [6.07, 6.45) is 1.78. The van der Waals surface area contributed by atoms with Crippen molar-refractivity contribution in [1.29, 1.82) is 0 Å². The Balaban J connectivity index is 2.31. The molecule has 0 aliphatic carbocycles. The van der Waals surface area contributed by atoms with Gasteiger partial charge < -0.3 is 4.74 Å². The Morgan fingerprint density at radius 1 is 1.22 bits per heavy atom. The Morgan fingerprint density at radius 2 is 1.94 bits per heavy atom. The third-order valence-corrected chi connectivity index (χ3v) is 3.17. The highest BCUT2D eigenvalue weighted by Gasteiger charge is 2.05. The lowest BCUT2D eigenvalue weighted by molar-refractivity contribution is 0.0601. The molecule has 2 aromatic rings. The van der Waals surface area contributed by atoms with Crippen LogP contribution in [0.4, 0.5) is 0 Å². The first-order valence-electron chi connectivity index (χ1n) is 5.44. The molecule has 18 heavy (non-hydrogen) atoms. The standard InChI is InChI=1S/C14H12BrNO2/c1-18-14(17)11-4-2-10(3-5-11)12-6-7-16-13(8-12)9-15/h2-8H,9H2,1H3. The Morgan fingerprint density at radius 3 is 2.56 bits per heavy atom. The van der Waals surface area contributed by atoms with E-state index in [9.17, 15) is 4.79 Å². The van der Waals surface area contributed by atoms with Crippen LogP contribution in [0.2, 0.25) is 0 Å². The van der Waals surface area contributed by atoms with Gasteiger partial charge in [0, 0.05) is 11.5 Å². The summed E-state index contributed by atoms with van der Waals surface area (Å²) in [6, 6.07) is 11.3. The molecular formula is C14H12BrNO2. The molecule has 0 aliphatic rings. The third kappa shape index (κ3) is 2.76. The van der Waals surface area contributed by atoms with Crippen LogP contribution in [0.25, 0.3) is 11.1 Å². The van der Waals surface area contributed by atoms with Crippen molar-refractivity contribution in [2.24, 2.45) is 0 Å². The molecule has 0 saturated carbocycles. The molecule has 1 heterocycles. The van der Waals surface area contributed by atoms with Gasteiger partial charge in [0.15, 0.2) is 0 Å². The van der Waals surface area contributed by atoms with Crippen LogP contribution < -0.4 is 0 Å². The molecule has 0 aliphatic heterocycles. The monoisotopic (exact) mass is 305 g/mol. The van der Waals surface area contributed by atoms with Crippen molar-refractivity contribution < 1.29 is 9.53 Å². The van der Waals surface area contributed by atoms with E-state index in [0.29, 0.717) is 5.56 Å². The fourth-order valence-electron chi connectivity index (χ4n) is 1.65. The lowest BCUT2D eigenvalue weighted by Gasteiger charge is -2.04. The van der Waals surface area contributed by atoms with Crippen LogP contribution in [0.5, 0.6) is 0 Å². The molecule has 2 rings (SSSR count). The second-order valence-electron chi connectivity index (χ2n) is 3.74. The number of carbonyl (C=O) groups excluding carboxylic acids is 1. The first-order chi connectivity index (χ1) is 8.74. The Labute approximate surface area is 114 Å². The van der Waals surface area contributed by atoms with Crippen molar-refractivity contribution in [3.8, 4) is 11.1 Å². The number of alkyl halides is 1. The highest BCUT2D eigenvalue weighted by Crippen LogP contribution is 2.21. The summed E-state index contributed by atoms with van der Waals surface area (Å²) >= 11 is 3.38. The smallest absolute Gasteiger partial charge is 0.337 e. The Kier molecular flexibility index (Phi) is 4.10. The van der Waals surface area contributed by atoms with Gasteiger partial charge in [0.1, 0.15) is 0 Å². The number of nitrogens with zero attached hydrogens (tertiary/aromatic N) is 1. The van der Waals surface area contributed by atoms with E-state index in [-0.39, 0.29) is 5.97 Å². The lowest BCUT2D eigenvalue weighted by atomic mass is 10.0. The number of benzene rings is 1. The van der Waals surface area contributed by atoms with Crippen molar-refractivity contribution in [1.82, 2.24) is 4.98 Å². The van der Waals surface area contributed by atoms with Gasteiger partial charge in [-0.05, 0) is 35.4 Å². The minimum Gasteiger partial charge on any atom is -0.465 e. The molecule has 92 valence electrons. The highest BCUT2D eigenvalue weighted by molar-refractivity contribution is 9.08. The van der Waals surface area contributed by atoms with Crippen molar-refractivity contribution in [3.05, 3.63) is 53.9 Å². The summed E-state index contributed by atoms with van der Waals surface area (Å²) in [5.74, 6) is -0.322. The number of rotatable bonds is 3. The number of aromatic nitrogens is 1. The Hall–Kier alpha value is -1.68. The molecule has 3 nitrogen and oxygen atoms in total. The topological polar surface area (TPSA) is 39.2 Å². The summed E-state index contributed by atoms with van der Waals surface area (Å²) < 4.78 is 4.66. The molecule has 0 spiro atoms. The quantitative estimate of drug-likeness (QED) is 0.644. The van der Waals surface area contributed by atoms with E-state index >= 15 is 0 Å². The molecule has 4 heteroatoms.